The van der Waals surface area contributed by atoms with Gasteiger partial charge in [0.05, 0.1) is 0 Å². The number of fused-ring (bicyclic) bond motifs is 1. The van der Waals surface area contributed by atoms with E-state index in [0.717, 1.165) is 0 Å². The van der Waals surface area contributed by atoms with Crippen LogP contribution in [0.4, 0.5) is 4.39 Å². The third-order valence-corrected chi connectivity index (χ3v) is 2.35. The third kappa shape index (κ3) is 1.50. The van der Waals surface area contributed by atoms with Gasteiger partial charge < -0.3 is 4.42 Å². The molecule has 1 aromatic carbocycles. The first-order valence-electron chi connectivity index (χ1n) is 4.84. The van der Waals surface area contributed by atoms with Crippen molar-refractivity contribution in [2.75, 3.05) is 0 Å². The molecule has 0 aliphatic carbocycles. The number of para-hydroxylation sites is 1. The van der Waals surface area contributed by atoms with Crippen molar-refractivity contribution in [3.8, 4) is 0 Å². The quantitative estimate of drug-likeness (QED) is 0.684. The van der Waals surface area contributed by atoms with Gasteiger partial charge in [0.1, 0.15) is 6.33 Å². The molecule has 0 saturated heterocycles. The van der Waals surface area contributed by atoms with Gasteiger partial charge in [-0.25, -0.2) is 9.37 Å². The Morgan fingerprint density at radius 1 is 1.41 bits per heavy atom. The molecule has 0 fully saturated rings. The summed E-state index contributed by atoms with van der Waals surface area (Å²) in [6, 6.07) is 5.97. The molecule has 2 heterocycles. The van der Waals surface area contributed by atoms with Crippen molar-refractivity contribution in [2.24, 2.45) is 0 Å². The fraction of sp³-hybridized carbons (Fsp3) is 0. The molecule has 1 N–H and O–H groups in total. The Morgan fingerprint density at radius 3 is 3.00 bits per heavy atom. The molecular weight excluding hydrogens is 225 g/mol. The van der Waals surface area contributed by atoms with E-state index in [1.807, 2.05) is 0 Å². The first-order valence-corrected chi connectivity index (χ1v) is 4.84. The maximum Gasteiger partial charge on any atom is 0.264 e. The molecule has 84 valence electrons. The molecule has 0 radical (unpaired) electrons. The molecule has 2 aromatic heterocycles. The van der Waals surface area contributed by atoms with E-state index in [1.54, 1.807) is 12.1 Å². The van der Waals surface area contributed by atoms with Crippen molar-refractivity contribution in [2.45, 2.75) is 0 Å². The molecular formula is C11H6FN3O2. The SMILES string of the molecule is O=C(c1ncn[nH]1)c1cc2cccc(F)c2o1. The summed E-state index contributed by atoms with van der Waals surface area (Å²) in [5, 5.41) is 6.53. The summed E-state index contributed by atoms with van der Waals surface area (Å²) in [5.41, 5.74) is 0.0652. The molecule has 0 aliphatic rings. The minimum Gasteiger partial charge on any atom is -0.449 e. The second-order valence-electron chi connectivity index (χ2n) is 3.43. The van der Waals surface area contributed by atoms with E-state index in [4.69, 9.17) is 4.42 Å². The number of furan rings is 1. The number of benzene rings is 1. The zero-order valence-electron chi connectivity index (χ0n) is 8.48. The van der Waals surface area contributed by atoms with Gasteiger partial charge in [-0.2, -0.15) is 5.10 Å². The first-order chi connectivity index (χ1) is 8.25. The Balaban J connectivity index is 2.13. The van der Waals surface area contributed by atoms with Crippen molar-refractivity contribution in [1.29, 1.82) is 0 Å². The number of ketones is 1. The largest absolute Gasteiger partial charge is 0.449 e. The molecule has 0 saturated carbocycles. The lowest BCUT2D eigenvalue weighted by Gasteiger charge is -1.90. The predicted octanol–water partition coefficient (Wildman–Crippen LogP) is 1.92. The number of nitrogens with zero attached hydrogens (tertiary/aromatic N) is 2. The van der Waals surface area contributed by atoms with Gasteiger partial charge in [0.2, 0.25) is 0 Å². The second kappa shape index (κ2) is 3.51. The third-order valence-electron chi connectivity index (χ3n) is 2.35. The first kappa shape index (κ1) is 9.71. The number of rotatable bonds is 2. The van der Waals surface area contributed by atoms with Gasteiger partial charge in [-0.3, -0.25) is 9.89 Å². The lowest BCUT2D eigenvalue weighted by molar-refractivity contribution is 0.100. The Bertz CT molecular complexity index is 688. The van der Waals surface area contributed by atoms with Gasteiger partial charge in [-0.1, -0.05) is 12.1 Å². The summed E-state index contributed by atoms with van der Waals surface area (Å²) in [5.74, 6) is -0.872. The van der Waals surface area contributed by atoms with Crippen LogP contribution in [-0.2, 0) is 0 Å². The maximum absolute atomic E-state index is 13.4. The van der Waals surface area contributed by atoms with Crippen LogP contribution >= 0.6 is 0 Å². The number of H-pyrrole nitrogens is 1. The predicted molar refractivity (Wildman–Crippen MR) is 56.0 cm³/mol. The van der Waals surface area contributed by atoms with Gasteiger partial charge in [-0.15, -0.1) is 0 Å². The molecule has 0 atom stereocenters. The number of carbonyl (C=O) groups is 1. The Morgan fingerprint density at radius 2 is 2.29 bits per heavy atom. The van der Waals surface area contributed by atoms with Crippen molar-refractivity contribution in [3.05, 3.63) is 48.0 Å². The van der Waals surface area contributed by atoms with E-state index in [-0.39, 0.29) is 17.2 Å². The minimum absolute atomic E-state index is 0.0295. The fourth-order valence-electron chi connectivity index (χ4n) is 1.57. The number of aromatic amines is 1. The minimum atomic E-state index is -0.501. The van der Waals surface area contributed by atoms with E-state index in [9.17, 15) is 9.18 Å². The van der Waals surface area contributed by atoms with Crippen LogP contribution in [-0.4, -0.2) is 21.0 Å². The van der Waals surface area contributed by atoms with Crippen LogP contribution in [0.1, 0.15) is 16.4 Å². The summed E-state index contributed by atoms with van der Waals surface area (Å²) in [4.78, 5) is 15.6. The van der Waals surface area contributed by atoms with Crippen LogP contribution in [0.15, 0.2) is 35.0 Å². The number of hydrogen-bond donors (Lipinski definition) is 1. The van der Waals surface area contributed by atoms with Crippen molar-refractivity contribution in [3.63, 3.8) is 0 Å². The zero-order valence-corrected chi connectivity index (χ0v) is 8.48. The van der Waals surface area contributed by atoms with Gasteiger partial charge in [-0.05, 0) is 12.1 Å². The average molecular weight is 231 g/mol. The van der Waals surface area contributed by atoms with E-state index in [2.05, 4.69) is 15.2 Å². The molecule has 0 unspecified atom stereocenters. The molecule has 0 spiro atoms. The second-order valence-corrected chi connectivity index (χ2v) is 3.43. The molecule has 0 aliphatic heterocycles. The lowest BCUT2D eigenvalue weighted by atomic mass is 10.2. The molecule has 0 amide bonds. The standard InChI is InChI=1S/C11H6FN3O2/c12-7-3-1-2-6-4-8(17-10(6)7)9(16)11-13-5-14-15-11/h1-5H,(H,13,14,15). The molecule has 3 aromatic rings. The smallest absolute Gasteiger partial charge is 0.264 e. The van der Waals surface area contributed by atoms with E-state index >= 15 is 0 Å². The number of halogens is 1. The monoisotopic (exact) mass is 231 g/mol. The van der Waals surface area contributed by atoms with Crippen molar-refractivity contribution >= 4 is 16.8 Å². The normalized spacial score (nSPS) is 10.9. The van der Waals surface area contributed by atoms with Crippen LogP contribution < -0.4 is 0 Å². The van der Waals surface area contributed by atoms with E-state index < -0.39 is 11.6 Å². The van der Waals surface area contributed by atoms with Crippen LogP contribution in [0, 0.1) is 5.82 Å². The number of carbonyl (C=O) groups excluding carboxylic acids is 1. The summed E-state index contributed by atoms with van der Waals surface area (Å²) in [6.45, 7) is 0. The highest BCUT2D eigenvalue weighted by atomic mass is 19.1. The highest BCUT2D eigenvalue weighted by molar-refractivity contribution is 6.06. The van der Waals surface area contributed by atoms with Crippen molar-refractivity contribution < 1.29 is 13.6 Å². The number of aromatic nitrogens is 3. The Kier molecular flexibility index (Phi) is 2.01. The van der Waals surface area contributed by atoms with Crippen LogP contribution in [0.3, 0.4) is 0 Å². The van der Waals surface area contributed by atoms with Gasteiger partial charge in [0, 0.05) is 5.39 Å². The average Bonchev–Trinajstić information content (AvgIpc) is 2.98. The molecule has 6 heteroatoms. The van der Waals surface area contributed by atoms with Crippen LogP contribution in [0.5, 0.6) is 0 Å². The molecule has 0 bridgehead atoms. The zero-order chi connectivity index (χ0) is 11.8. The van der Waals surface area contributed by atoms with Gasteiger partial charge in [0.25, 0.3) is 5.78 Å². The van der Waals surface area contributed by atoms with Gasteiger partial charge >= 0.3 is 0 Å². The Hall–Kier alpha value is -2.50. The summed E-state index contributed by atoms with van der Waals surface area (Å²) >= 11 is 0. The number of nitrogens with one attached hydrogen (secondary N) is 1. The number of hydrogen-bond acceptors (Lipinski definition) is 4. The summed E-state index contributed by atoms with van der Waals surface area (Å²) < 4.78 is 18.5. The van der Waals surface area contributed by atoms with Crippen molar-refractivity contribution in [1.82, 2.24) is 15.2 Å². The topological polar surface area (TPSA) is 71.8 Å². The Labute approximate surface area is 94.3 Å². The van der Waals surface area contributed by atoms with E-state index in [0.29, 0.717) is 5.39 Å². The van der Waals surface area contributed by atoms with Crippen LogP contribution in [0.25, 0.3) is 11.0 Å². The van der Waals surface area contributed by atoms with Gasteiger partial charge in [0.15, 0.2) is 23.0 Å². The van der Waals surface area contributed by atoms with E-state index in [1.165, 1.54) is 18.5 Å². The summed E-state index contributed by atoms with van der Waals surface area (Å²) in [7, 11) is 0. The summed E-state index contributed by atoms with van der Waals surface area (Å²) in [6.07, 6.45) is 1.22. The fourth-order valence-corrected chi connectivity index (χ4v) is 1.57. The molecule has 5 nitrogen and oxygen atoms in total. The molecule has 3 rings (SSSR count). The lowest BCUT2D eigenvalue weighted by Crippen LogP contribution is -2.01. The van der Waals surface area contributed by atoms with Crippen LogP contribution in [0.2, 0.25) is 0 Å². The maximum atomic E-state index is 13.4. The highest BCUT2D eigenvalue weighted by Gasteiger charge is 2.18. The highest BCUT2D eigenvalue weighted by Crippen LogP contribution is 2.23. The molecule has 17 heavy (non-hydrogen) atoms.